The quantitative estimate of drug-likeness (QED) is 0.0517. The Hall–Kier alpha value is -5.62. The molecule has 4 aromatic carbocycles. The summed E-state index contributed by atoms with van der Waals surface area (Å²) in [6.07, 6.45) is 2.53. The number of urea groups is 1. The van der Waals surface area contributed by atoms with Gasteiger partial charge in [0.1, 0.15) is 35.4 Å². The van der Waals surface area contributed by atoms with E-state index in [1.165, 1.54) is 44.6 Å². The van der Waals surface area contributed by atoms with Crippen molar-refractivity contribution in [2.45, 2.75) is 24.9 Å². The molecule has 10 nitrogen and oxygen atoms in total. The van der Waals surface area contributed by atoms with Gasteiger partial charge in [0.05, 0.1) is 31.5 Å². The summed E-state index contributed by atoms with van der Waals surface area (Å²) in [7, 11) is 0. The molecule has 17 heteroatoms. The molecule has 0 bridgehead atoms. The van der Waals surface area contributed by atoms with Crippen LogP contribution < -0.4 is 24.6 Å². The zero-order valence-electron chi connectivity index (χ0n) is 29.4. The standard InChI is InChI=1S/C39H33F4N7O3S3/c1-3-9-49(29-5-7-35-31(19-29)44-21-54-35)37(51)33(15-23-11-25(40)17-26(41)12-23)46-39(53)48-56-47-34(16-24-13-27(42)18-28(43)14-24)38(52)50(10-4-2)30-6-8-36-32(20-30)45-22-55-36/h3-8,11-14,17-22,33-34,47H,1-2,9-10,15-16H2,(H2,46,48,53)/t33?,34-/m0/s1. The van der Waals surface area contributed by atoms with E-state index in [9.17, 15) is 31.9 Å². The van der Waals surface area contributed by atoms with Gasteiger partial charge < -0.3 is 15.1 Å². The second-order valence-electron chi connectivity index (χ2n) is 12.3. The second kappa shape index (κ2) is 18.3. The minimum Gasteiger partial charge on any atom is -0.325 e. The molecule has 4 amide bonds. The maximum absolute atomic E-state index is 14.2. The van der Waals surface area contributed by atoms with Gasteiger partial charge in [-0.2, -0.15) is 0 Å². The molecule has 0 saturated carbocycles. The van der Waals surface area contributed by atoms with Crippen LogP contribution in [0.4, 0.5) is 33.7 Å². The molecule has 6 aromatic rings. The van der Waals surface area contributed by atoms with Crippen molar-refractivity contribution in [1.29, 1.82) is 0 Å². The van der Waals surface area contributed by atoms with E-state index in [1.54, 1.807) is 41.4 Å². The molecule has 56 heavy (non-hydrogen) atoms. The number of rotatable bonds is 16. The number of hydrogen-bond donors (Lipinski definition) is 3. The zero-order chi connectivity index (χ0) is 39.8. The Morgan fingerprint density at radius 3 is 1.59 bits per heavy atom. The van der Waals surface area contributed by atoms with Crippen molar-refractivity contribution in [3.8, 4) is 0 Å². The first kappa shape index (κ1) is 40.1. The number of benzene rings is 4. The molecule has 0 spiro atoms. The number of amides is 4. The molecule has 1 unspecified atom stereocenters. The van der Waals surface area contributed by atoms with Gasteiger partial charge in [-0.1, -0.05) is 12.2 Å². The van der Waals surface area contributed by atoms with E-state index in [1.807, 2.05) is 6.07 Å². The fourth-order valence-corrected chi connectivity index (χ4v) is 7.81. The normalized spacial score (nSPS) is 12.2. The molecule has 0 aliphatic rings. The minimum absolute atomic E-state index is 0.0309. The van der Waals surface area contributed by atoms with Crippen molar-refractivity contribution in [2.75, 3.05) is 22.9 Å². The van der Waals surface area contributed by atoms with Crippen molar-refractivity contribution >= 4 is 84.5 Å². The lowest BCUT2D eigenvalue weighted by atomic mass is 10.0. The van der Waals surface area contributed by atoms with Crippen LogP contribution in [0.25, 0.3) is 20.4 Å². The predicted octanol–water partition coefficient (Wildman–Crippen LogP) is 7.88. The first-order valence-corrected chi connectivity index (χ1v) is 19.5. The summed E-state index contributed by atoms with van der Waals surface area (Å²) >= 11 is 3.45. The average Bonchev–Trinajstić information content (AvgIpc) is 3.83. The summed E-state index contributed by atoms with van der Waals surface area (Å²) in [6, 6.07) is 12.8. The average molecular weight is 820 g/mol. The summed E-state index contributed by atoms with van der Waals surface area (Å²) in [4.78, 5) is 53.2. The van der Waals surface area contributed by atoms with E-state index < -0.39 is 53.2 Å². The highest BCUT2D eigenvalue weighted by molar-refractivity contribution is 7.96. The Bertz CT molecular complexity index is 2370. The van der Waals surface area contributed by atoms with Crippen LogP contribution in [-0.2, 0) is 22.4 Å². The Morgan fingerprint density at radius 2 is 1.12 bits per heavy atom. The number of carbonyl (C=O) groups is 3. The molecule has 0 radical (unpaired) electrons. The van der Waals surface area contributed by atoms with E-state index in [2.05, 4.69) is 37.9 Å². The van der Waals surface area contributed by atoms with Gasteiger partial charge >= 0.3 is 6.03 Å². The smallest absolute Gasteiger partial charge is 0.325 e. The number of hydrogen-bond acceptors (Lipinski definition) is 9. The molecule has 0 aliphatic carbocycles. The van der Waals surface area contributed by atoms with Crippen LogP contribution in [0.3, 0.4) is 0 Å². The predicted molar refractivity (Wildman–Crippen MR) is 214 cm³/mol. The molecule has 0 saturated heterocycles. The monoisotopic (exact) mass is 819 g/mol. The summed E-state index contributed by atoms with van der Waals surface area (Å²) < 4.78 is 64.1. The van der Waals surface area contributed by atoms with Gasteiger partial charge in [-0.05, 0) is 78.2 Å². The van der Waals surface area contributed by atoms with Gasteiger partial charge in [0.15, 0.2) is 0 Å². The SMILES string of the molecule is C=CCN(C(=O)C(Cc1cc(F)cc(F)c1)NC(=O)NSN[C@@H](Cc1cc(F)cc(F)c1)C(=O)N(CC=C)c1ccc2scnc2c1)c1ccc2scnc2c1. The zero-order valence-corrected chi connectivity index (χ0v) is 31.8. The van der Waals surface area contributed by atoms with E-state index >= 15 is 0 Å². The fourth-order valence-electron chi connectivity index (χ4n) is 5.95. The molecular weight excluding hydrogens is 787 g/mol. The van der Waals surface area contributed by atoms with E-state index in [4.69, 9.17) is 0 Å². The Labute approximate surface area is 331 Å². The number of halogens is 4. The van der Waals surface area contributed by atoms with Crippen molar-refractivity contribution in [3.63, 3.8) is 0 Å². The number of aromatic nitrogens is 2. The summed E-state index contributed by atoms with van der Waals surface area (Å²) in [5.41, 5.74) is 5.87. The Kier molecular flexibility index (Phi) is 13.1. The third kappa shape index (κ3) is 9.97. The second-order valence-corrected chi connectivity index (χ2v) is 14.8. The van der Waals surface area contributed by atoms with Crippen molar-refractivity contribution in [1.82, 2.24) is 24.7 Å². The number of anilines is 2. The van der Waals surface area contributed by atoms with Gasteiger partial charge in [0.25, 0.3) is 0 Å². The van der Waals surface area contributed by atoms with Crippen molar-refractivity contribution < 1.29 is 31.9 Å². The van der Waals surface area contributed by atoms with Gasteiger partial charge in [-0.15, -0.1) is 35.8 Å². The first-order valence-electron chi connectivity index (χ1n) is 16.9. The number of fused-ring (bicyclic) bond motifs is 2. The van der Waals surface area contributed by atoms with Gasteiger partial charge in [0, 0.05) is 55.2 Å². The maximum Gasteiger partial charge on any atom is 0.326 e. The van der Waals surface area contributed by atoms with Gasteiger partial charge in [0.2, 0.25) is 11.8 Å². The highest BCUT2D eigenvalue weighted by atomic mass is 32.2. The van der Waals surface area contributed by atoms with Crippen LogP contribution in [0, 0.1) is 23.3 Å². The molecule has 6 rings (SSSR count). The number of nitrogens with zero attached hydrogens (tertiary/aromatic N) is 4. The van der Waals surface area contributed by atoms with E-state index in [-0.39, 0.29) is 37.1 Å². The van der Waals surface area contributed by atoms with Crippen molar-refractivity contribution in [3.05, 3.63) is 144 Å². The van der Waals surface area contributed by atoms with Crippen molar-refractivity contribution in [2.24, 2.45) is 0 Å². The first-order chi connectivity index (χ1) is 27.0. The van der Waals surface area contributed by atoms with Crippen LogP contribution in [0.2, 0.25) is 0 Å². The minimum atomic E-state index is -1.35. The fraction of sp³-hybridized carbons (Fsp3) is 0.154. The molecule has 0 aliphatic heterocycles. The van der Waals surface area contributed by atoms with Crippen LogP contribution in [0.5, 0.6) is 0 Å². The molecular formula is C39H33F4N7O3S3. The van der Waals surface area contributed by atoms with Gasteiger partial charge in [-0.25, -0.2) is 37.0 Å². The summed E-state index contributed by atoms with van der Waals surface area (Å²) in [5.74, 6) is -4.53. The third-order valence-corrected chi connectivity index (χ3v) is 10.7. The molecule has 3 N–H and O–H groups in total. The summed E-state index contributed by atoms with van der Waals surface area (Å²) in [6.45, 7) is 7.63. The largest absolute Gasteiger partial charge is 0.326 e. The van der Waals surface area contributed by atoms with Crippen LogP contribution >= 0.6 is 34.8 Å². The lowest BCUT2D eigenvalue weighted by Gasteiger charge is -2.28. The lowest BCUT2D eigenvalue weighted by molar-refractivity contribution is -0.120. The number of carbonyl (C=O) groups excluding carboxylic acids is 3. The highest BCUT2D eigenvalue weighted by Gasteiger charge is 2.30. The highest BCUT2D eigenvalue weighted by Crippen LogP contribution is 2.27. The molecule has 288 valence electrons. The molecule has 2 heterocycles. The summed E-state index contributed by atoms with van der Waals surface area (Å²) in [5, 5.41) is 2.59. The van der Waals surface area contributed by atoms with Crippen LogP contribution in [-0.4, -0.2) is 53.0 Å². The number of nitrogens with one attached hydrogen (secondary N) is 3. The molecule has 0 fully saturated rings. The van der Waals surface area contributed by atoms with Crippen LogP contribution in [0.15, 0.2) is 109 Å². The van der Waals surface area contributed by atoms with Crippen LogP contribution in [0.1, 0.15) is 11.1 Å². The lowest BCUT2D eigenvalue weighted by Crippen LogP contribution is -2.52. The van der Waals surface area contributed by atoms with Gasteiger partial charge in [-0.3, -0.25) is 14.3 Å². The molecule has 2 atom stereocenters. The maximum atomic E-state index is 14.2. The topological polar surface area (TPSA) is 120 Å². The number of thiazole rings is 2. The Balaban J connectivity index is 1.22. The molecule has 2 aromatic heterocycles. The third-order valence-electron chi connectivity index (χ3n) is 8.38. The van der Waals surface area contributed by atoms with E-state index in [0.717, 1.165) is 33.7 Å². The Morgan fingerprint density at radius 1 is 0.679 bits per heavy atom. The van der Waals surface area contributed by atoms with E-state index in [0.29, 0.717) is 46.7 Å².